The number of benzene rings is 1. The fourth-order valence-corrected chi connectivity index (χ4v) is 2.05. The number of aliphatic carboxylic acids is 1. The molecular formula is C13H12BrNO3. The first-order valence-corrected chi connectivity index (χ1v) is 6.32. The standard InChI is InChI=1S/C13H12BrNO3/c14-10-3-1-2-9(6-10)7-12-15-11(8-18-12)4-5-13(16)17/h1-3,6,8H,4-5,7H2,(H,16,17). The van der Waals surface area contributed by atoms with Gasteiger partial charge in [0.2, 0.25) is 0 Å². The molecule has 0 radical (unpaired) electrons. The second-order valence-corrected chi connectivity index (χ2v) is 4.85. The topological polar surface area (TPSA) is 63.3 Å². The van der Waals surface area contributed by atoms with Crippen molar-refractivity contribution in [2.75, 3.05) is 0 Å². The predicted octanol–water partition coefficient (Wildman–Crippen LogP) is 3.05. The van der Waals surface area contributed by atoms with Crippen LogP contribution in [0.25, 0.3) is 0 Å². The number of carboxylic acid groups (broad SMARTS) is 1. The molecule has 5 heteroatoms. The molecule has 4 nitrogen and oxygen atoms in total. The van der Waals surface area contributed by atoms with Crippen molar-refractivity contribution in [3.63, 3.8) is 0 Å². The number of rotatable bonds is 5. The van der Waals surface area contributed by atoms with Crippen LogP contribution in [0.1, 0.15) is 23.6 Å². The van der Waals surface area contributed by atoms with Crippen LogP contribution in [0.4, 0.5) is 0 Å². The average molecular weight is 310 g/mol. The van der Waals surface area contributed by atoms with Crippen molar-refractivity contribution < 1.29 is 14.3 Å². The summed E-state index contributed by atoms with van der Waals surface area (Å²) in [5, 5.41) is 8.58. The monoisotopic (exact) mass is 309 g/mol. The van der Waals surface area contributed by atoms with E-state index in [1.165, 1.54) is 6.26 Å². The smallest absolute Gasteiger partial charge is 0.303 e. The van der Waals surface area contributed by atoms with Crippen molar-refractivity contribution in [1.29, 1.82) is 0 Å². The molecule has 0 spiro atoms. The molecule has 0 fully saturated rings. The Morgan fingerprint density at radius 2 is 2.28 bits per heavy atom. The van der Waals surface area contributed by atoms with Crippen LogP contribution >= 0.6 is 15.9 Å². The van der Waals surface area contributed by atoms with E-state index in [2.05, 4.69) is 20.9 Å². The van der Waals surface area contributed by atoms with E-state index in [9.17, 15) is 4.79 Å². The van der Waals surface area contributed by atoms with Crippen LogP contribution in [0, 0.1) is 0 Å². The SMILES string of the molecule is O=C(O)CCc1coc(Cc2cccc(Br)c2)n1. The van der Waals surface area contributed by atoms with Gasteiger partial charge in [-0.15, -0.1) is 0 Å². The molecule has 0 saturated heterocycles. The molecule has 2 rings (SSSR count). The second kappa shape index (κ2) is 5.82. The molecule has 94 valence electrons. The highest BCUT2D eigenvalue weighted by Crippen LogP contribution is 2.15. The van der Waals surface area contributed by atoms with Crippen LogP contribution in [0.15, 0.2) is 39.4 Å². The maximum Gasteiger partial charge on any atom is 0.303 e. The van der Waals surface area contributed by atoms with Gasteiger partial charge in [-0.05, 0) is 17.7 Å². The lowest BCUT2D eigenvalue weighted by molar-refractivity contribution is -0.136. The van der Waals surface area contributed by atoms with Gasteiger partial charge in [0, 0.05) is 17.3 Å². The Labute approximate surface area is 113 Å². The van der Waals surface area contributed by atoms with E-state index in [1.54, 1.807) is 0 Å². The van der Waals surface area contributed by atoms with Crippen LogP contribution in [0.2, 0.25) is 0 Å². The second-order valence-electron chi connectivity index (χ2n) is 3.93. The number of halogens is 1. The summed E-state index contributed by atoms with van der Waals surface area (Å²) < 4.78 is 6.33. The first kappa shape index (κ1) is 12.8. The Hall–Kier alpha value is -1.62. The Balaban J connectivity index is 2.00. The third-order valence-electron chi connectivity index (χ3n) is 2.44. The molecule has 0 bridgehead atoms. The van der Waals surface area contributed by atoms with E-state index >= 15 is 0 Å². The average Bonchev–Trinajstić information content (AvgIpc) is 2.74. The molecule has 18 heavy (non-hydrogen) atoms. The first-order valence-electron chi connectivity index (χ1n) is 5.53. The van der Waals surface area contributed by atoms with Gasteiger partial charge in [0.05, 0.1) is 12.1 Å². The Morgan fingerprint density at radius 1 is 1.44 bits per heavy atom. The molecule has 0 atom stereocenters. The zero-order chi connectivity index (χ0) is 13.0. The third kappa shape index (κ3) is 3.70. The van der Waals surface area contributed by atoms with Gasteiger partial charge in [-0.2, -0.15) is 0 Å². The number of carboxylic acids is 1. The normalized spacial score (nSPS) is 10.5. The number of carbonyl (C=O) groups is 1. The lowest BCUT2D eigenvalue weighted by atomic mass is 10.1. The zero-order valence-corrected chi connectivity index (χ0v) is 11.2. The van der Waals surface area contributed by atoms with E-state index in [0.29, 0.717) is 24.4 Å². The van der Waals surface area contributed by atoms with Gasteiger partial charge in [-0.25, -0.2) is 4.98 Å². The highest BCUT2D eigenvalue weighted by Gasteiger charge is 2.07. The number of aryl methyl sites for hydroxylation is 1. The van der Waals surface area contributed by atoms with Crippen LogP contribution in [-0.2, 0) is 17.6 Å². The lowest BCUT2D eigenvalue weighted by Crippen LogP contribution is -1.98. The lowest BCUT2D eigenvalue weighted by Gasteiger charge is -1.97. The van der Waals surface area contributed by atoms with Gasteiger partial charge in [-0.3, -0.25) is 4.79 Å². The van der Waals surface area contributed by atoms with Crippen molar-refractivity contribution in [2.24, 2.45) is 0 Å². The predicted molar refractivity (Wildman–Crippen MR) is 69.4 cm³/mol. The fourth-order valence-electron chi connectivity index (χ4n) is 1.60. The largest absolute Gasteiger partial charge is 0.481 e. The minimum Gasteiger partial charge on any atom is -0.481 e. The summed E-state index contributed by atoms with van der Waals surface area (Å²) in [7, 11) is 0. The van der Waals surface area contributed by atoms with Gasteiger partial charge in [0.25, 0.3) is 0 Å². The summed E-state index contributed by atoms with van der Waals surface area (Å²) in [6.07, 6.45) is 2.60. The Bertz CT molecular complexity index is 551. The molecule has 1 aromatic heterocycles. The maximum absolute atomic E-state index is 10.4. The number of nitrogens with zero attached hydrogens (tertiary/aromatic N) is 1. The van der Waals surface area contributed by atoms with Crippen molar-refractivity contribution in [3.8, 4) is 0 Å². The molecule has 0 amide bonds. The number of oxazole rings is 1. The minimum absolute atomic E-state index is 0.0723. The van der Waals surface area contributed by atoms with Gasteiger partial charge < -0.3 is 9.52 Å². The minimum atomic E-state index is -0.827. The van der Waals surface area contributed by atoms with Gasteiger partial charge in [0.1, 0.15) is 6.26 Å². The molecule has 1 aromatic carbocycles. The van der Waals surface area contributed by atoms with Gasteiger partial charge >= 0.3 is 5.97 Å². The van der Waals surface area contributed by atoms with Crippen molar-refractivity contribution in [1.82, 2.24) is 4.98 Å². The van der Waals surface area contributed by atoms with E-state index in [1.807, 2.05) is 24.3 Å². The molecule has 0 aliphatic rings. The van der Waals surface area contributed by atoms with E-state index in [4.69, 9.17) is 9.52 Å². The van der Waals surface area contributed by atoms with Gasteiger partial charge in [0.15, 0.2) is 5.89 Å². The zero-order valence-electron chi connectivity index (χ0n) is 9.60. The highest BCUT2D eigenvalue weighted by atomic mass is 79.9. The summed E-state index contributed by atoms with van der Waals surface area (Å²) in [5.41, 5.74) is 1.78. The summed E-state index contributed by atoms with van der Waals surface area (Å²) in [6.45, 7) is 0. The first-order chi connectivity index (χ1) is 8.63. The molecule has 1 heterocycles. The highest BCUT2D eigenvalue weighted by molar-refractivity contribution is 9.10. The summed E-state index contributed by atoms with van der Waals surface area (Å²) in [6, 6.07) is 7.90. The molecule has 0 saturated carbocycles. The number of hydrogen-bond donors (Lipinski definition) is 1. The van der Waals surface area contributed by atoms with Crippen LogP contribution in [-0.4, -0.2) is 16.1 Å². The number of aromatic nitrogens is 1. The molecule has 1 N–H and O–H groups in total. The van der Waals surface area contributed by atoms with Crippen LogP contribution in [0.3, 0.4) is 0 Å². The Kier molecular flexibility index (Phi) is 4.15. The molecular weight excluding hydrogens is 298 g/mol. The number of hydrogen-bond acceptors (Lipinski definition) is 3. The molecule has 2 aromatic rings. The van der Waals surface area contributed by atoms with Crippen molar-refractivity contribution in [3.05, 3.63) is 52.1 Å². The van der Waals surface area contributed by atoms with Crippen LogP contribution < -0.4 is 0 Å². The molecule has 0 unspecified atom stereocenters. The fraction of sp³-hybridized carbons (Fsp3) is 0.231. The third-order valence-corrected chi connectivity index (χ3v) is 2.93. The van der Waals surface area contributed by atoms with E-state index in [-0.39, 0.29) is 6.42 Å². The van der Waals surface area contributed by atoms with E-state index in [0.717, 1.165) is 10.0 Å². The maximum atomic E-state index is 10.4. The summed E-state index contributed by atoms with van der Waals surface area (Å²) >= 11 is 3.41. The Morgan fingerprint density at radius 3 is 3.00 bits per heavy atom. The van der Waals surface area contributed by atoms with Crippen LogP contribution in [0.5, 0.6) is 0 Å². The quantitative estimate of drug-likeness (QED) is 0.922. The summed E-state index contributed by atoms with van der Waals surface area (Å²) in [4.78, 5) is 14.7. The molecule has 0 aliphatic carbocycles. The van der Waals surface area contributed by atoms with E-state index < -0.39 is 5.97 Å². The summed E-state index contributed by atoms with van der Waals surface area (Å²) in [5.74, 6) is -0.222. The molecule has 0 aliphatic heterocycles. The van der Waals surface area contributed by atoms with Gasteiger partial charge in [-0.1, -0.05) is 28.1 Å². The van der Waals surface area contributed by atoms with Crippen molar-refractivity contribution in [2.45, 2.75) is 19.3 Å². The van der Waals surface area contributed by atoms with Crippen molar-refractivity contribution >= 4 is 21.9 Å².